The summed E-state index contributed by atoms with van der Waals surface area (Å²) < 4.78 is 7.13. The number of rotatable bonds is 4. The van der Waals surface area contributed by atoms with Crippen molar-refractivity contribution >= 4 is 5.91 Å². The lowest BCUT2D eigenvalue weighted by Gasteiger charge is -2.01. The van der Waals surface area contributed by atoms with Crippen LogP contribution in [-0.2, 0) is 0 Å². The van der Waals surface area contributed by atoms with Gasteiger partial charge in [-0.1, -0.05) is 0 Å². The number of aryl methyl sites for hydroxylation is 1. The lowest BCUT2D eigenvalue weighted by atomic mass is 10.1. The Kier molecular flexibility index (Phi) is 3.68. The summed E-state index contributed by atoms with van der Waals surface area (Å²) in [6.07, 6.45) is 3.46. The van der Waals surface area contributed by atoms with Gasteiger partial charge >= 0.3 is 0 Å². The number of carbonyl (C=O) groups excluding carboxylic acids is 1. The number of aromatic nitrogens is 1. The lowest BCUT2D eigenvalue weighted by Crippen LogP contribution is -2.27. The molecule has 1 amide bonds. The van der Waals surface area contributed by atoms with Gasteiger partial charge in [-0.15, -0.1) is 0 Å². The van der Waals surface area contributed by atoms with Gasteiger partial charge in [-0.05, 0) is 19.1 Å². The number of nitriles is 1. The van der Waals surface area contributed by atoms with E-state index < -0.39 is 5.91 Å². The van der Waals surface area contributed by atoms with Gasteiger partial charge in [-0.2, -0.15) is 5.26 Å². The molecular weight excluding hydrogens is 246 g/mol. The van der Waals surface area contributed by atoms with E-state index in [1.54, 1.807) is 36.0 Å². The van der Waals surface area contributed by atoms with Crippen molar-refractivity contribution in [3.8, 4) is 12.0 Å². The standard InChI is InChI=1S/C13H13N3O3/c1-9-11(12(18)15-4-7-17)10(8-14)13(19-9)16-5-2-3-6-16/h2-3,5-6,17H,4,7H2,1H3,(H,15,18). The maximum absolute atomic E-state index is 11.9. The van der Waals surface area contributed by atoms with Crippen LogP contribution in [0.3, 0.4) is 0 Å². The molecule has 19 heavy (non-hydrogen) atoms. The summed E-state index contributed by atoms with van der Waals surface area (Å²) >= 11 is 0. The molecule has 0 bridgehead atoms. The fourth-order valence-corrected chi connectivity index (χ4v) is 1.82. The third-order valence-electron chi connectivity index (χ3n) is 2.64. The van der Waals surface area contributed by atoms with E-state index in [0.29, 0.717) is 11.6 Å². The minimum Gasteiger partial charge on any atom is -0.443 e. The first-order valence-electron chi connectivity index (χ1n) is 5.75. The first-order chi connectivity index (χ1) is 9.19. The fourth-order valence-electron chi connectivity index (χ4n) is 1.82. The number of furan rings is 1. The number of aliphatic hydroxyl groups excluding tert-OH is 1. The summed E-state index contributed by atoms with van der Waals surface area (Å²) in [6, 6.07) is 5.58. The molecule has 2 aromatic heterocycles. The van der Waals surface area contributed by atoms with Gasteiger partial charge < -0.3 is 14.8 Å². The predicted octanol–water partition coefficient (Wildman–Crippen LogP) is 0.972. The topological polar surface area (TPSA) is 91.2 Å². The van der Waals surface area contributed by atoms with Gasteiger partial charge in [-0.3, -0.25) is 9.36 Å². The van der Waals surface area contributed by atoms with Crippen molar-refractivity contribution in [2.45, 2.75) is 6.92 Å². The van der Waals surface area contributed by atoms with Crippen LogP contribution in [0.15, 0.2) is 28.9 Å². The van der Waals surface area contributed by atoms with Crippen LogP contribution >= 0.6 is 0 Å². The molecule has 0 atom stereocenters. The van der Waals surface area contributed by atoms with Crippen LogP contribution in [0.2, 0.25) is 0 Å². The molecule has 0 unspecified atom stereocenters. The van der Waals surface area contributed by atoms with Gasteiger partial charge in [0.05, 0.1) is 6.61 Å². The number of carbonyl (C=O) groups is 1. The number of hydrogen-bond donors (Lipinski definition) is 2. The second-order valence-corrected chi connectivity index (χ2v) is 3.90. The second kappa shape index (κ2) is 5.42. The number of aliphatic hydroxyl groups is 1. The molecule has 0 saturated heterocycles. The Bertz CT molecular complexity index is 620. The van der Waals surface area contributed by atoms with E-state index in [-0.39, 0.29) is 24.3 Å². The molecule has 0 radical (unpaired) electrons. The zero-order chi connectivity index (χ0) is 13.8. The first-order valence-corrected chi connectivity index (χ1v) is 5.75. The third-order valence-corrected chi connectivity index (χ3v) is 2.64. The third kappa shape index (κ3) is 2.37. The lowest BCUT2D eigenvalue weighted by molar-refractivity contribution is 0.0943. The molecule has 2 aromatic rings. The summed E-state index contributed by atoms with van der Waals surface area (Å²) in [6.45, 7) is 1.60. The molecule has 0 aromatic carbocycles. The molecule has 0 saturated carbocycles. The van der Waals surface area contributed by atoms with E-state index in [9.17, 15) is 10.1 Å². The summed E-state index contributed by atoms with van der Waals surface area (Å²) in [5, 5.41) is 20.5. The molecule has 2 heterocycles. The highest BCUT2D eigenvalue weighted by molar-refractivity contribution is 5.98. The van der Waals surface area contributed by atoms with Crippen LogP contribution in [0.4, 0.5) is 0 Å². The van der Waals surface area contributed by atoms with E-state index in [1.807, 2.05) is 6.07 Å². The molecule has 0 aliphatic carbocycles. The van der Waals surface area contributed by atoms with Crippen LogP contribution in [0, 0.1) is 18.3 Å². The predicted molar refractivity (Wildman–Crippen MR) is 66.9 cm³/mol. The molecule has 98 valence electrons. The Morgan fingerprint density at radius 3 is 2.79 bits per heavy atom. The van der Waals surface area contributed by atoms with Crippen molar-refractivity contribution in [1.29, 1.82) is 5.26 Å². The second-order valence-electron chi connectivity index (χ2n) is 3.90. The van der Waals surface area contributed by atoms with E-state index in [1.165, 1.54) is 0 Å². The van der Waals surface area contributed by atoms with E-state index >= 15 is 0 Å². The van der Waals surface area contributed by atoms with Gasteiger partial charge in [0.1, 0.15) is 23.0 Å². The Morgan fingerprint density at radius 1 is 1.53 bits per heavy atom. The van der Waals surface area contributed by atoms with Crippen LogP contribution in [-0.4, -0.2) is 28.7 Å². The van der Waals surface area contributed by atoms with Crippen molar-refractivity contribution < 1.29 is 14.3 Å². The molecule has 0 fully saturated rings. The van der Waals surface area contributed by atoms with Crippen molar-refractivity contribution in [2.24, 2.45) is 0 Å². The highest BCUT2D eigenvalue weighted by Crippen LogP contribution is 2.25. The Balaban J connectivity index is 2.46. The van der Waals surface area contributed by atoms with Gasteiger partial charge in [0.15, 0.2) is 0 Å². The minimum absolute atomic E-state index is 0.132. The van der Waals surface area contributed by atoms with Crippen LogP contribution in [0.5, 0.6) is 0 Å². The van der Waals surface area contributed by atoms with Crippen LogP contribution in [0.25, 0.3) is 5.88 Å². The molecular formula is C13H13N3O3. The Morgan fingerprint density at radius 2 is 2.21 bits per heavy atom. The monoisotopic (exact) mass is 259 g/mol. The molecule has 0 aliphatic rings. The summed E-state index contributed by atoms with van der Waals surface area (Å²) in [4.78, 5) is 11.9. The van der Waals surface area contributed by atoms with Crippen molar-refractivity contribution in [3.63, 3.8) is 0 Å². The fraction of sp³-hybridized carbons (Fsp3) is 0.231. The summed E-state index contributed by atoms with van der Waals surface area (Å²) in [5.41, 5.74) is 0.392. The van der Waals surface area contributed by atoms with Crippen molar-refractivity contribution in [1.82, 2.24) is 9.88 Å². The SMILES string of the molecule is Cc1oc(-n2cccc2)c(C#N)c1C(=O)NCCO. The summed E-state index contributed by atoms with van der Waals surface area (Å²) in [5.74, 6) is 0.264. The average Bonchev–Trinajstić information content (AvgIpc) is 3.02. The largest absolute Gasteiger partial charge is 0.443 e. The highest BCUT2D eigenvalue weighted by Gasteiger charge is 2.23. The van der Waals surface area contributed by atoms with Crippen molar-refractivity contribution in [2.75, 3.05) is 13.2 Å². The number of nitrogens with zero attached hydrogens (tertiary/aromatic N) is 2. The Labute approximate surface area is 109 Å². The molecule has 6 nitrogen and oxygen atoms in total. The number of hydrogen-bond acceptors (Lipinski definition) is 4. The average molecular weight is 259 g/mol. The summed E-state index contributed by atoms with van der Waals surface area (Å²) in [7, 11) is 0. The molecule has 0 aliphatic heterocycles. The van der Waals surface area contributed by atoms with E-state index in [0.717, 1.165) is 0 Å². The smallest absolute Gasteiger partial charge is 0.256 e. The van der Waals surface area contributed by atoms with Gasteiger partial charge in [-0.25, -0.2) is 0 Å². The molecule has 2 rings (SSSR count). The van der Waals surface area contributed by atoms with Gasteiger partial charge in [0.2, 0.25) is 5.88 Å². The number of amides is 1. The zero-order valence-corrected chi connectivity index (χ0v) is 10.4. The normalized spacial score (nSPS) is 10.2. The van der Waals surface area contributed by atoms with Crippen LogP contribution in [0.1, 0.15) is 21.7 Å². The first kappa shape index (κ1) is 12.9. The molecule has 2 N–H and O–H groups in total. The van der Waals surface area contributed by atoms with Gasteiger partial charge in [0.25, 0.3) is 5.91 Å². The Hall–Kier alpha value is -2.52. The zero-order valence-electron chi connectivity index (χ0n) is 10.4. The van der Waals surface area contributed by atoms with Crippen molar-refractivity contribution in [3.05, 3.63) is 41.4 Å². The van der Waals surface area contributed by atoms with Gasteiger partial charge in [0, 0.05) is 18.9 Å². The van der Waals surface area contributed by atoms with E-state index in [2.05, 4.69) is 5.32 Å². The van der Waals surface area contributed by atoms with Crippen LogP contribution < -0.4 is 5.32 Å². The maximum Gasteiger partial charge on any atom is 0.256 e. The quantitative estimate of drug-likeness (QED) is 0.856. The minimum atomic E-state index is -0.426. The molecule has 0 spiro atoms. The van der Waals surface area contributed by atoms with E-state index in [4.69, 9.17) is 9.52 Å². The highest BCUT2D eigenvalue weighted by atomic mass is 16.4. The maximum atomic E-state index is 11.9. The number of nitrogens with one attached hydrogen (secondary N) is 1. The molecule has 6 heteroatoms.